The average molecular weight is 502 g/mol. The third kappa shape index (κ3) is 5.47. The number of halogens is 1. The Labute approximate surface area is 215 Å². The number of hydrogen-bond acceptors (Lipinski definition) is 4. The Bertz CT molecular complexity index is 1260. The van der Waals surface area contributed by atoms with E-state index in [0.29, 0.717) is 23.6 Å². The molecule has 3 aromatic rings. The van der Waals surface area contributed by atoms with E-state index in [1.165, 1.54) is 16.8 Å². The SMILES string of the molecule is C/C(=N/NC(=O)CSCc1ccc(Cl)cc1)c1ccc2c(c1)[C@@H]1C=CC[C@H]1[C@H](c1ccccc1)N2. The molecule has 35 heavy (non-hydrogen) atoms. The summed E-state index contributed by atoms with van der Waals surface area (Å²) in [6.45, 7) is 1.94. The third-order valence-corrected chi connectivity index (χ3v) is 7.96. The van der Waals surface area contributed by atoms with Crippen LogP contribution in [0.25, 0.3) is 0 Å². The van der Waals surface area contributed by atoms with E-state index in [1.54, 1.807) is 11.8 Å². The van der Waals surface area contributed by atoms with Crippen molar-refractivity contribution in [1.82, 2.24) is 5.43 Å². The Hall–Kier alpha value is -3.02. The van der Waals surface area contributed by atoms with E-state index in [9.17, 15) is 4.79 Å². The van der Waals surface area contributed by atoms with Crippen LogP contribution in [0.3, 0.4) is 0 Å². The zero-order valence-corrected chi connectivity index (χ0v) is 21.2. The number of rotatable bonds is 7. The van der Waals surface area contributed by atoms with Crippen LogP contribution < -0.4 is 10.7 Å². The van der Waals surface area contributed by atoms with Gasteiger partial charge in [-0.05, 0) is 65.8 Å². The molecule has 2 aliphatic rings. The van der Waals surface area contributed by atoms with E-state index in [1.807, 2.05) is 31.2 Å². The molecule has 0 saturated heterocycles. The van der Waals surface area contributed by atoms with Gasteiger partial charge in [-0.15, -0.1) is 11.8 Å². The highest BCUT2D eigenvalue weighted by atomic mass is 35.5. The zero-order valence-electron chi connectivity index (χ0n) is 19.6. The predicted octanol–water partition coefficient (Wildman–Crippen LogP) is 6.94. The van der Waals surface area contributed by atoms with Crippen molar-refractivity contribution in [1.29, 1.82) is 0 Å². The normalized spacial score (nSPS) is 20.6. The second kappa shape index (κ2) is 10.7. The summed E-state index contributed by atoms with van der Waals surface area (Å²) in [4.78, 5) is 12.3. The summed E-state index contributed by atoms with van der Waals surface area (Å²) >= 11 is 7.48. The second-order valence-electron chi connectivity index (χ2n) is 9.04. The van der Waals surface area contributed by atoms with Crippen molar-refractivity contribution in [2.45, 2.75) is 31.1 Å². The van der Waals surface area contributed by atoms with Crippen molar-refractivity contribution in [3.8, 4) is 0 Å². The van der Waals surface area contributed by atoms with Crippen molar-refractivity contribution in [3.63, 3.8) is 0 Å². The molecule has 0 fully saturated rings. The fraction of sp³-hybridized carbons (Fsp3) is 0.241. The standard InChI is InChI=1S/C29H28ClN3OS/c1-19(32-33-28(34)18-35-17-20-10-13-23(30)14-11-20)22-12-15-27-26(16-22)24-8-5-9-25(24)29(31-27)21-6-3-2-4-7-21/h2-8,10-16,24-25,29,31H,9,17-18H2,1H3,(H,33,34)/b32-19-/t24-,25-,29+/m1/s1. The van der Waals surface area contributed by atoms with E-state index in [4.69, 9.17) is 11.6 Å². The number of thioether (sulfide) groups is 1. The first-order valence-corrected chi connectivity index (χ1v) is 13.4. The molecule has 1 aliphatic heterocycles. The van der Waals surface area contributed by atoms with Gasteiger partial charge in [0.2, 0.25) is 5.91 Å². The molecular formula is C29H28ClN3OS. The highest BCUT2D eigenvalue weighted by Gasteiger charge is 2.37. The Kier molecular flexibility index (Phi) is 7.26. The molecule has 0 unspecified atom stereocenters. The Morgan fingerprint density at radius 3 is 2.71 bits per heavy atom. The summed E-state index contributed by atoms with van der Waals surface area (Å²) in [6.07, 6.45) is 5.71. The van der Waals surface area contributed by atoms with Crippen molar-refractivity contribution in [3.05, 3.63) is 112 Å². The van der Waals surface area contributed by atoms with Gasteiger partial charge in [-0.25, -0.2) is 5.43 Å². The molecule has 1 aliphatic carbocycles. The zero-order chi connectivity index (χ0) is 24.2. The van der Waals surface area contributed by atoms with Crippen LogP contribution in [0.5, 0.6) is 0 Å². The first-order valence-electron chi connectivity index (χ1n) is 11.9. The van der Waals surface area contributed by atoms with Gasteiger partial charge in [0.1, 0.15) is 0 Å². The van der Waals surface area contributed by atoms with Gasteiger partial charge in [0.05, 0.1) is 17.5 Å². The van der Waals surface area contributed by atoms with Gasteiger partial charge in [-0.1, -0.05) is 72.3 Å². The summed E-state index contributed by atoms with van der Waals surface area (Å²) in [5.41, 5.74) is 9.47. The fourth-order valence-electron chi connectivity index (χ4n) is 4.90. The smallest absolute Gasteiger partial charge is 0.250 e. The van der Waals surface area contributed by atoms with Crippen LogP contribution in [0.4, 0.5) is 5.69 Å². The quantitative estimate of drug-likeness (QED) is 0.209. The van der Waals surface area contributed by atoms with Crippen LogP contribution in [-0.2, 0) is 10.5 Å². The Morgan fingerprint density at radius 1 is 1.11 bits per heavy atom. The summed E-state index contributed by atoms with van der Waals surface area (Å²) in [5, 5.41) is 8.87. The van der Waals surface area contributed by atoms with Crippen LogP contribution in [0, 0.1) is 5.92 Å². The number of carbonyl (C=O) groups excluding carboxylic acids is 1. The van der Waals surface area contributed by atoms with Crippen LogP contribution in [0.1, 0.15) is 47.6 Å². The maximum atomic E-state index is 12.3. The number of benzene rings is 3. The highest BCUT2D eigenvalue weighted by molar-refractivity contribution is 7.99. The Balaban J connectivity index is 1.23. The van der Waals surface area contributed by atoms with Gasteiger partial charge in [-0.3, -0.25) is 4.79 Å². The number of hydrazone groups is 1. The number of allylic oxidation sites excluding steroid dienone is 2. The molecule has 0 radical (unpaired) electrons. The lowest BCUT2D eigenvalue weighted by Crippen LogP contribution is -2.29. The lowest BCUT2D eigenvalue weighted by molar-refractivity contribution is -0.118. The van der Waals surface area contributed by atoms with Crippen LogP contribution >= 0.6 is 23.4 Å². The van der Waals surface area contributed by atoms with E-state index in [0.717, 1.165) is 34.0 Å². The number of nitrogens with zero attached hydrogens (tertiary/aromatic N) is 1. The van der Waals surface area contributed by atoms with Crippen LogP contribution in [0.15, 0.2) is 90.0 Å². The molecule has 0 saturated carbocycles. The number of anilines is 1. The van der Waals surface area contributed by atoms with Crippen molar-refractivity contribution < 1.29 is 4.79 Å². The van der Waals surface area contributed by atoms with Gasteiger partial charge in [0, 0.05) is 22.4 Å². The summed E-state index contributed by atoms with van der Waals surface area (Å²) < 4.78 is 0. The molecule has 5 rings (SSSR count). The number of nitrogens with one attached hydrogen (secondary N) is 2. The van der Waals surface area contributed by atoms with Crippen molar-refractivity contribution >= 4 is 40.7 Å². The van der Waals surface area contributed by atoms with Gasteiger partial charge in [0.25, 0.3) is 0 Å². The largest absolute Gasteiger partial charge is 0.378 e. The number of carbonyl (C=O) groups is 1. The van der Waals surface area contributed by atoms with Crippen LogP contribution in [0.2, 0.25) is 5.02 Å². The molecule has 6 heteroatoms. The van der Waals surface area contributed by atoms with Gasteiger partial charge < -0.3 is 5.32 Å². The first-order chi connectivity index (χ1) is 17.1. The van der Waals surface area contributed by atoms with Gasteiger partial charge >= 0.3 is 0 Å². The van der Waals surface area contributed by atoms with Gasteiger partial charge in [-0.2, -0.15) is 5.10 Å². The van der Waals surface area contributed by atoms with Crippen molar-refractivity contribution in [2.24, 2.45) is 11.0 Å². The van der Waals surface area contributed by atoms with Crippen molar-refractivity contribution in [2.75, 3.05) is 11.1 Å². The minimum atomic E-state index is -0.104. The molecule has 178 valence electrons. The van der Waals surface area contributed by atoms with E-state index < -0.39 is 0 Å². The number of fused-ring (bicyclic) bond motifs is 3. The van der Waals surface area contributed by atoms with E-state index in [2.05, 4.69) is 76.5 Å². The lowest BCUT2D eigenvalue weighted by atomic mass is 9.76. The minimum Gasteiger partial charge on any atom is -0.378 e. The molecule has 1 amide bonds. The summed E-state index contributed by atoms with van der Waals surface area (Å²) in [5.74, 6) is 1.87. The molecule has 2 N–H and O–H groups in total. The summed E-state index contributed by atoms with van der Waals surface area (Å²) in [7, 11) is 0. The van der Waals surface area contributed by atoms with Crippen LogP contribution in [-0.4, -0.2) is 17.4 Å². The fourth-order valence-corrected chi connectivity index (χ4v) is 5.80. The van der Waals surface area contributed by atoms with E-state index >= 15 is 0 Å². The molecule has 0 aromatic heterocycles. The highest BCUT2D eigenvalue weighted by Crippen LogP contribution is 2.49. The predicted molar refractivity (Wildman–Crippen MR) is 147 cm³/mol. The monoisotopic (exact) mass is 501 g/mol. The molecule has 0 spiro atoms. The molecule has 3 aromatic carbocycles. The number of amides is 1. The maximum absolute atomic E-state index is 12.3. The molecule has 4 nitrogen and oxygen atoms in total. The van der Waals surface area contributed by atoms with E-state index in [-0.39, 0.29) is 5.91 Å². The topological polar surface area (TPSA) is 53.5 Å². The second-order valence-corrected chi connectivity index (χ2v) is 10.5. The molecular weight excluding hydrogens is 474 g/mol. The molecule has 3 atom stereocenters. The lowest BCUT2D eigenvalue weighted by Gasteiger charge is -2.37. The Morgan fingerprint density at radius 2 is 1.91 bits per heavy atom. The summed E-state index contributed by atoms with van der Waals surface area (Å²) in [6, 6.07) is 25.1. The number of hydrogen-bond donors (Lipinski definition) is 2. The minimum absolute atomic E-state index is 0.104. The van der Waals surface area contributed by atoms with Gasteiger partial charge in [0.15, 0.2) is 0 Å². The molecule has 1 heterocycles. The maximum Gasteiger partial charge on any atom is 0.250 e. The third-order valence-electron chi connectivity index (χ3n) is 6.70. The average Bonchev–Trinajstić information content (AvgIpc) is 3.39. The molecule has 0 bridgehead atoms. The first kappa shape index (κ1) is 23.7.